The third-order valence-corrected chi connectivity index (χ3v) is 4.94. The molecule has 25 heavy (non-hydrogen) atoms. The lowest BCUT2D eigenvalue weighted by molar-refractivity contribution is -0.138. The van der Waals surface area contributed by atoms with E-state index in [1.54, 1.807) is 11.2 Å². The van der Waals surface area contributed by atoms with Gasteiger partial charge < -0.3 is 4.90 Å². The molecule has 0 bridgehead atoms. The fraction of sp³-hybridized carbons (Fsp3) is 0.368. The van der Waals surface area contributed by atoms with E-state index in [-0.39, 0.29) is 17.9 Å². The van der Waals surface area contributed by atoms with Gasteiger partial charge in [0, 0.05) is 50.2 Å². The summed E-state index contributed by atoms with van der Waals surface area (Å²) in [5.74, 6) is 1.14. The van der Waals surface area contributed by atoms with Crippen LogP contribution in [0.3, 0.4) is 0 Å². The molecule has 0 radical (unpaired) electrons. The average Bonchev–Trinajstić information content (AvgIpc) is 3.19. The Balaban J connectivity index is 1.41. The van der Waals surface area contributed by atoms with E-state index < -0.39 is 0 Å². The van der Waals surface area contributed by atoms with E-state index >= 15 is 0 Å². The number of piperidine rings is 1. The topological polar surface area (TPSA) is 61.7 Å². The first kappa shape index (κ1) is 15.7. The Morgan fingerprint density at radius 3 is 2.68 bits per heavy atom. The summed E-state index contributed by atoms with van der Waals surface area (Å²) in [4.78, 5) is 23.8. The Kier molecular flexibility index (Phi) is 4.41. The molecule has 0 aliphatic carbocycles. The number of amides is 1. The van der Waals surface area contributed by atoms with Gasteiger partial charge in [0.2, 0.25) is 5.91 Å². The largest absolute Gasteiger partial charge is 0.357 e. The predicted octanol–water partition coefficient (Wildman–Crippen LogP) is 2.65. The van der Waals surface area contributed by atoms with Crippen LogP contribution in [0.4, 0.5) is 5.82 Å². The Morgan fingerprint density at radius 1 is 1.08 bits per heavy atom. The smallest absolute Gasteiger partial charge is 0.246 e. The Hall–Kier alpha value is -2.76. The molecule has 128 valence electrons. The van der Waals surface area contributed by atoms with Gasteiger partial charge in [0.15, 0.2) is 0 Å². The molecule has 1 fully saturated rings. The van der Waals surface area contributed by atoms with E-state index in [2.05, 4.69) is 20.0 Å². The van der Waals surface area contributed by atoms with Crippen molar-refractivity contribution in [1.82, 2.24) is 15.0 Å². The summed E-state index contributed by atoms with van der Waals surface area (Å²) >= 11 is 0. The van der Waals surface area contributed by atoms with E-state index in [0.717, 1.165) is 43.7 Å². The number of carbonyl (C=O) groups is 1. The number of rotatable bonds is 3. The lowest BCUT2D eigenvalue weighted by Crippen LogP contribution is -2.41. The third-order valence-electron chi connectivity index (χ3n) is 4.94. The molecule has 0 spiro atoms. The summed E-state index contributed by atoms with van der Waals surface area (Å²) in [5, 5.41) is 6.02. The van der Waals surface area contributed by atoms with Crippen molar-refractivity contribution in [1.29, 1.82) is 0 Å². The minimum atomic E-state index is -0.0185. The first-order valence-corrected chi connectivity index (χ1v) is 8.74. The van der Waals surface area contributed by atoms with Crippen molar-refractivity contribution in [3.63, 3.8) is 0 Å². The van der Waals surface area contributed by atoms with E-state index in [1.807, 2.05) is 48.9 Å². The van der Waals surface area contributed by atoms with Gasteiger partial charge in [-0.05, 0) is 36.6 Å². The average molecular weight is 335 g/mol. The molecule has 6 heteroatoms. The van der Waals surface area contributed by atoms with Gasteiger partial charge in [-0.15, -0.1) is 0 Å². The molecule has 2 aliphatic heterocycles. The number of hydrazone groups is 1. The first-order chi connectivity index (χ1) is 12.3. The Morgan fingerprint density at radius 2 is 1.96 bits per heavy atom. The highest BCUT2D eigenvalue weighted by Crippen LogP contribution is 2.31. The van der Waals surface area contributed by atoms with Crippen LogP contribution >= 0.6 is 0 Å². The summed E-state index contributed by atoms with van der Waals surface area (Å²) in [6.45, 7) is 1.70. The van der Waals surface area contributed by atoms with Crippen molar-refractivity contribution in [3.8, 4) is 0 Å². The van der Waals surface area contributed by atoms with E-state index in [0.29, 0.717) is 0 Å². The summed E-state index contributed by atoms with van der Waals surface area (Å²) in [6, 6.07) is 9.83. The van der Waals surface area contributed by atoms with Crippen LogP contribution in [0.15, 0.2) is 54.0 Å². The first-order valence-electron chi connectivity index (χ1n) is 8.74. The third kappa shape index (κ3) is 3.24. The normalized spacial score (nSPS) is 20.9. The van der Waals surface area contributed by atoms with E-state index in [9.17, 15) is 4.79 Å². The van der Waals surface area contributed by atoms with Crippen LogP contribution in [-0.2, 0) is 4.79 Å². The summed E-state index contributed by atoms with van der Waals surface area (Å²) < 4.78 is 0. The number of hydrogen-bond donors (Lipinski definition) is 0. The molecule has 1 unspecified atom stereocenters. The zero-order valence-corrected chi connectivity index (χ0v) is 14.0. The van der Waals surface area contributed by atoms with Crippen LogP contribution in [0.1, 0.15) is 30.9 Å². The molecule has 0 aromatic carbocycles. The number of pyridine rings is 2. The van der Waals surface area contributed by atoms with Crippen LogP contribution in [0, 0.1) is 5.92 Å². The van der Waals surface area contributed by atoms with Gasteiger partial charge in [-0.1, -0.05) is 12.1 Å². The lowest BCUT2D eigenvalue weighted by Gasteiger charge is -2.34. The van der Waals surface area contributed by atoms with Gasteiger partial charge in [-0.2, -0.15) is 5.10 Å². The highest BCUT2D eigenvalue weighted by atomic mass is 16.2. The minimum Gasteiger partial charge on any atom is -0.357 e. The van der Waals surface area contributed by atoms with Crippen LogP contribution in [0.25, 0.3) is 0 Å². The Labute approximate surface area is 147 Å². The summed E-state index contributed by atoms with van der Waals surface area (Å²) in [6.07, 6.45) is 9.64. The molecule has 1 saturated heterocycles. The van der Waals surface area contributed by atoms with E-state index in [1.165, 1.54) is 0 Å². The number of hydrogen-bond acceptors (Lipinski definition) is 5. The van der Waals surface area contributed by atoms with E-state index in [4.69, 9.17) is 0 Å². The Bertz CT molecular complexity index is 741. The molecule has 6 nitrogen and oxygen atoms in total. The fourth-order valence-corrected chi connectivity index (χ4v) is 3.56. The molecule has 4 heterocycles. The standard InChI is InChI=1S/C19H21N5O/c25-19(24-17(6-11-22-24)16-4-3-9-20-14-16)15-7-12-23(13-8-15)18-5-1-2-10-21-18/h1-5,9-11,14-15,17H,6-8,12-13H2. The number of anilines is 1. The number of nitrogens with zero attached hydrogens (tertiary/aromatic N) is 5. The summed E-state index contributed by atoms with van der Waals surface area (Å²) in [7, 11) is 0. The molecule has 2 aromatic rings. The van der Waals surface area contributed by atoms with Crippen LogP contribution in [0.5, 0.6) is 0 Å². The fourth-order valence-electron chi connectivity index (χ4n) is 3.56. The number of carbonyl (C=O) groups excluding carboxylic acids is 1. The molecule has 1 atom stereocenters. The zero-order chi connectivity index (χ0) is 17.1. The monoisotopic (exact) mass is 335 g/mol. The SMILES string of the molecule is O=C(C1CCN(c2ccccn2)CC1)N1N=CCC1c1cccnc1. The second-order valence-corrected chi connectivity index (χ2v) is 6.47. The van der Waals surface area contributed by atoms with Crippen LogP contribution in [0.2, 0.25) is 0 Å². The second-order valence-electron chi connectivity index (χ2n) is 6.47. The van der Waals surface area contributed by atoms with Gasteiger partial charge in [0.25, 0.3) is 0 Å². The van der Waals surface area contributed by atoms with Gasteiger partial charge in [-0.3, -0.25) is 9.78 Å². The molecule has 0 N–H and O–H groups in total. The highest BCUT2D eigenvalue weighted by Gasteiger charge is 2.34. The van der Waals surface area contributed by atoms with Crippen molar-refractivity contribution in [3.05, 3.63) is 54.5 Å². The van der Waals surface area contributed by atoms with Gasteiger partial charge in [0.05, 0.1) is 6.04 Å². The van der Waals surface area contributed by atoms with Gasteiger partial charge in [-0.25, -0.2) is 9.99 Å². The second kappa shape index (κ2) is 7.01. The molecule has 2 aromatic heterocycles. The predicted molar refractivity (Wildman–Crippen MR) is 96.1 cm³/mol. The molecule has 4 rings (SSSR count). The molecular weight excluding hydrogens is 314 g/mol. The van der Waals surface area contributed by atoms with Crippen molar-refractivity contribution in [2.75, 3.05) is 18.0 Å². The molecule has 2 aliphatic rings. The number of aromatic nitrogens is 2. The quantitative estimate of drug-likeness (QED) is 0.865. The zero-order valence-electron chi connectivity index (χ0n) is 14.0. The van der Waals surface area contributed by atoms with Crippen molar-refractivity contribution >= 4 is 17.9 Å². The maximum absolute atomic E-state index is 13.0. The van der Waals surface area contributed by atoms with Crippen LogP contribution in [-0.4, -0.2) is 40.2 Å². The molecular formula is C19H21N5O. The highest BCUT2D eigenvalue weighted by molar-refractivity contribution is 5.82. The van der Waals surface area contributed by atoms with Crippen molar-refractivity contribution in [2.24, 2.45) is 11.0 Å². The molecule has 1 amide bonds. The lowest BCUT2D eigenvalue weighted by atomic mass is 9.94. The minimum absolute atomic E-state index is 0.0185. The van der Waals surface area contributed by atoms with Crippen LogP contribution < -0.4 is 4.90 Å². The van der Waals surface area contributed by atoms with Crippen molar-refractivity contribution < 1.29 is 4.79 Å². The van der Waals surface area contributed by atoms with Gasteiger partial charge >= 0.3 is 0 Å². The molecule has 0 saturated carbocycles. The van der Waals surface area contributed by atoms with Gasteiger partial charge in [0.1, 0.15) is 5.82 Å². The maximum atomic E-state index is 13.0. The maximum Gasteiger partial charge on any atom is 0.246 e. The summed E-state index contributed by atoms with van der Waals surface area (Å²) in [5.41, 5.74) is 1.04. The van der Waals surface area contributed by atoms with Crippen molar-refractivity contribution in [2.45, 2.75) is 25.3 Å².